The first-order valence-corrected chi connectivity index (χ1v) is 9.98. The fraction of sp³-hybridized carbons (Fsp3) is 0.100. The van der Waals surface area contributed by atoms with Crippen molar-refractivity contribution >= 4 is 15.7 Å². The first kappa shape index (κ1) is 22.5. The fourth-order valence-electron chi connectivity index (χ4n) is 2.51. The molecule has 0 aliphatic carbocycles. The van der Waals surface area contributed by atoms with Gasteiger partial charge in [-0.3, -0.25) is 4.72 Å². The summed E-state index contributed by atoms with van der Waals surface area (Å²) in [5, 5.41) is 0. The number of ether oxygens (including phenoxy) is 1. The molecule has 0 radical (unpaired) electrons. The molecule has 0 unspecified atom stereocenters. The van der Waals surface area contributed by atoms with E-state index >= 15 is 0 Å². The predicted octanol–water partition coefficient (Wildman–Crippen LogP) is 6.02. The first-order chi connectivity index (χ1) is 14.4. The van der Waals surface area contributed by atoms with Gasteiger partial charge in [0.05, 0.1) is 16.1 Å². The molecule has 0 amide bonds. The van der Waals surface area contributed by atoms with Crippen LogP contribution in [0, 0.1) is 24.4 Å². The number of aryl methyl sites for hydroxylation is 1. The van der Waals surface area contributed by atoms with Gasteiger partial charge < -0.3 is 4.74 Å². The number of hydrogen-bond acceptors (Lipinski definition) is 3. The van der Waals surface area contributed by atoms with Gasteiger partial charge in [0, 0.05) is 6.07 Å². The molecule has 0 saturated carbocycles. The molecule has 11 heteroatoms. The number of sulfonamides is 1. The Morgan fingerprint density at radius 3 is 1.94 bits per heavy atom. The maximum absolute atomic E-state index is 14.3. The highest BCUT2D eigenvalue weighted by molar-refractivity contribution is 7.92. The maximum Gasteiger partial charge on any atom is 0.416 e. The van der Waals surface area contributed by atoms with Crippen LogP contribution >= 0.6 is 0 Å². The zero-order valence-corrected chi connectivity index (χ0v) is 16.4. The van der Waals surface area contributed by atoms with Crippen molar-refractivity contribution in [1.82, 2.24) is 0 Å². The second kappa shape index (κ2) is 8.14. The normalized spacial score (nSPS) is 12.0. The fourth-order valence-corrected chi connectivity index (χ4v) is 3.56. The largest absolute Gasteiger partial charge is 0.448 e. The lowest BCUT2D eigenvalue weighted by molar-refractivity contribution is -0.138. The Morgan fingerprint density at radius 2 is 1.42 bits per heavy atom. The molecule has 0 spiro atoms. The van der Waals surface area contributed by atoms with E-state index in [1.807, 2.05) is 0 Å². The first-order valence-electron chi connectivity index (χ1n) is 8.50. The molecule has 3 rings (SSSR count). The van der Waals surface area contributed by atoms with Crippen LogP contribution in [-0.2, 0) is 16.2 Å². The van der Waals surface area contributed by atoms with E-state index in [2.05, 4.69) is 4.72 Å². The van der Waals surface area contributed by atoms with E-state index in [1.165, 1.54) is 12.1 Å². The Morgan fingerprint density at radius 1 is 0.839 bits per heavy atom. The molecule has 0 atom stereocenters. The summed E-state index contributed by atoms with van der Waals surface area (Å²) in [6.45, 7) is 1.76. The summed E-state index contributed by atoms with van der Waals surface area (Å²) in [6.07, 6.45) is -4.98. The van der Waals surface area contributed by atoms with Gasteiger partial charge in [0.15, 0.2) is 29.0 Å². The van der Waals surface area contributed by atoms with E-state index in [-0.39, 0.29) is 22.7 Å². The van der Waals surface area contributed by atoms with Crippen LogP contribution in [0.3, 0.4) is 0 Å². The van der Waals surface area contributed by atoms with Crippen LogP contribution in [-0.4, -0.2) is 8.42 Å². The third-order valence-corrected chi connectivity index (χ3v) is 5.45. The van der Waals surface area contributed by atoms with Gasteiger partial charge in [-0.25, -0.2) is 21.6 Å². The summed E-state index contributed by atoms with van der Waals surface area (Å²) in [4.78, 5) is -0.0762. The molecule has 0 aliphatic rings. The molecule has 0 heterocycles. The number of nitrogens with one attached hydrogen (secondary N) is 1. The summed E-state index contributed by atoms with van der Waals surface area (Å²) < 4.78 is 111. The van der Waals surface area contributed by atoms with E-state index in [4.69, 9.17) is 4.74 Å². The van der Waals surface area contributed by atoms with Crippen molar-refractivity contribution in [2.24, 2.45) is 0 Å². The highest BCUT2D eigenvalue weighted by Crippen LogP contribution is 2.36. The van der Waals surface area contributed by atoms with Crippen LogP contribution in [0.5, 0.6) is 11.5 Å². The quantitative estimate of drug-likeness (QED) is 0.473. The molecular weight excluding hydrogens is 448 g/mol. The van der Waals surface area contributed by atoms with Gasteiger partial charge in [0.2, 0.25) is 0 Å². The van der Waals surface area contributed by atoms with Crippen molar-refractivity contribution in [2.75, 3.05) is 4.72 Å². The molecule has 164 valence electrons. The van der Waals surface area contributed by atoms with E-state index in [0.29, 0.717) is 6.07 Å². The van der Waals surface area contributed by atoms with Gasteiger partial charge in [-0.05, 0) is 43.3 Å². The van der Waals surface area contributed by atoms with Gasteiger partial charge in [-0.1, -0.05) is 17.7 Å². The van der Waals surface area contributed by atoms with Crippen molar-refractivity contribution in [2.45, 2.75) is 18.0 Å². The Kier molecular flexibility index (Phi) is 5.90. The second-order valence-electron chi connectivity index (χ2n) is 6.43. The lowest BCUT2D eigenvalue weighted by Gasteiger charge is -2.13. The predicted molar refractivity (Wildman–Crippen MR) is 99.8 cm³/mol. The Hall–Kier alpha value is -3.21. The van der Waals surface area contributed by atoms with Crippen LogP contribution in [0.15, 0.2) is 59.5 Å². The molecule has 0 aliphatic heterocycles. The Labute approximate surface area is 173 Å². The van der Waals surface area contributed by atoms with E-state index in [1.54, 1.807) is 19.1 Å². The molecule has 31 heavy (non-hydrogen) atoms. The number of halogens is 6. The zero-order chi connectivity index (χ0) is 23.0. The Balaban J connectivity index is 1.84. The Bertz CT molecular complexity index is 1200. The average Bonchev–Trinajstić information content (AvgIpc) is 2.65. The van der Waals surface area contributed by atoms with Crippen molar-refractivity contribution in [1.29, 1.82) is 0 Å². The summed E-state index contributed by atoms with van der Waals surface area (Å²) in [7, 11) is -4.03. The van der Waals surface area contributed by atoms with E-state index in [9.17, 15) is 34.8 Å². The molecule has 1 N–H and O–H groups in total. The molecule has 3 aromatic rings. The van der Waals surface area contributed by atoms with Gasteiger partial charge in [-0.2, -0.15) is 13.2 Å². The highest BCUT2D eigenvalue weighted by atomic mass is 32.2. The molecular formula is C20H13F6NO3S. The summed E-state index contributed by atoms with van der Waals surface area (Å²) in [5.41, 5.74) is -0.954. The molecule has 0 saturated heterocycles. The van der Waals surface area contributed by atoms with Crippen molar-refractivity contribution < 1.29 is 39.5 Å². The van der Waals surface area contributed by atoms with Crippen LogP contribution < -0.4 is 9.46 Å². The summed E-state index contributed by atoms with van der Waals surface area (Å²) >= 11 is 0. The van der Waals surface area contributed by atoms with Crippen LogP contribution in [0.4, 0.5) is 32.0 Å². The van der Waals surface area contributed by atoms with Gasteiger partial charge in [0.1, 0.15) is 0 Å². The van der Waals surface area contributed by atoms with Crippen molar-refractivity contribution in [3.63, 3.8) is 0 Å². The zero-order valence-electron chi connectivity index (χ0n) is 15.6. The topological polar surface area (TPSA) is 55.4 Å². The summed E-state index contributed by atoms with van der Waals surface area (Å²) in [5.74, 6) is -6.54. The third kappa shape index (κ3) is 5.10. The number of anilines is 1. The van der Waals surface area contributed by atoms with Crippen LogP contribution in [0.25, 0.3) is 0 Å². The second-order valence-corrected chi connectivity index (χ2v) is 8.11. The minimum Gasteiger partial charge on any atom is -0.448 e. The lowest BCUT2D eigenvalue weighted by atomic mass is 10.2. The number of rotatable bonds is 5. The van der Waals surface area contributed by atoms with Crippen LogP contribution in [0.1, 0.15) is 11.1 Å². The number of hydrogen-bond donors (Lipinski definition) is 1. The van der Waals surface area contributed by atoms with Crippen LogP contribution in [0.2, 0.25) is 0 Å². The summed E-state index contributed by atoms with van der Waals surface area (Å²) in [6, 6.07) is 8.49. The minimum absolute atomic E-state index is 0.0143. The molecule has 0 bridgehead atoms. The highest BCUT2D eigenvalue weighted by Gasteiger charge is 2.33. The van der Waals surface area contributed by atoms with E-state index < -0.39 is 50.7 Å². The SMILES string of the molecule is Cc1ccc(S(=O)(=O)Nc2ccc(Oc3c(F)cc(C(F)(F)F)cc3F)c(F)c2)cc1. The molecule has 0 aromatic heterocycles. The number of alkyl halides is 3. The van der Waals surface area contributed by atoms with Gasteiger partial charge in [-0.15, -0.1) is 0 Å². The minimum atomic E-state index is -4.98. The maximum atomic E-state index is 14.3. The number of benzene rings is 3. The van der Waals surface area contributed by atoms with Gasteiger partial charge >= 0.3 is 6.18 Å². The van der Waals surface area contributed by atoms with Crippen molar-refractivity contribution in [3.8, 4) is 11.5 Å². The monoisotopic (exact) mass is 461 g/mol. The molecule has 0 fully saturated rings. The molecule has 4 nitrogen and oxygen atoms in total. The average molecular weight is 461 g/mol. The molecule has 3 aromatic carbocycles. The van der Waals surface area contributed by atoms with E-state index in [0.717, 1.165) is 17.7 Å². The smallest absolute Gasteiger partial charge is 0.416 e. The lowest BCUT2D eigenvalue weighted by Crippen LogP contribution is -2.13. The standard InChI is InChI=1S/C20H13F6NO3S/c1-11-2-5-14(6-3-11)31(28,29)27-13-4-7-18(15(21)10-13)30-19-16(22)8-12(9-17(19)23)20(24,25)26/h2-10,27H,1H3. The van der Waals surface area contributed by atoms with Gasteiger partial charge in [0.25, 0.3) is 10.0 Å². The third-order valence-electron chi connectivity index (χ3n) is 4.05. The van der Waals surface area contributed by atoms with Crippen molar-refractivity contribution in [3.05, 3.63) is 83.2 Å².